The number of carbonyl (C=O) groups excluding carboxylic acids is 2. The molecular weight excluding hydrogens is 318 g/mol. The van der Waals surface area contributed by atoms with Crippen LogP contribution in [0.2, 0.25) is 0 Å². The molecule has 136 valence electrons. The quantitative estimate of drug-likeness (QED) is 0.687. The SMILES string of the molecule is CNCCC1CCN(C(=O)[C@@H](NC(=O)COC)C(C)C)CC1.Cl. The van der Waals surface area contributed by atoms with Crippen molar-refractivity contribution in [2.24, 2.45) is 11.8 Å². The second-order valence-corrected chi connectivity index (χ2v) is 6.38. The van der Waals surface area contributed by atoms with Crippen molar-refractivity contribution >= 4 is 24.2 Å². The fourth-order valence-corrected chi connectivity index (χ4v) is 2.85. The van der Waals surface area contributed by atoms with E-state index in [1.165, 1.54) is 7.11 Å². The summed E-state index contributed by atoms with van der Waals surface area (Å²) >= 11 is 0. The van der Waals surface area contributed by atoms with Crippen molar-refractivity contribution < 1.29 is 14.3 Å². The molecule has 1 atom stereocenters. The van der Waals surface area contributed by atoms with Gasteiger partial charge in [-0.05, 0) is 44.7 Å². The molecule has 1 saturated heterocycles. The van der Waals surface area contributed by atoms with Gasteiger partial charge >= 0.3 is 0 Å². The van der Waals surface area contributed by atoms with E-state index in [9.17, 15) is 9.59 Å². The number of likely N-dealkylation sites (tertiary alicyclic amines) is 1. The smallest absolute Gasteiger partial charge is 0.246 e. The lowest BCUT2D eigenvalue weighted by Gasteiger charge is -2.35. The number of carbonyl (C=O) groups is 2. The summed E-state index contributed by atoms with van der Waals surface area (Å²) in [6, 6.07) is -0.462. The van der Waals surface area contributed by atoms with Gasteiger partial charge in [0.05, 0.1) is 0 Å². The summed E-state index contributed by atoms with van der Waals surface area (Å²) in [7, 11) is 3.44. The minimum Gasteiger partial charge on any atom is -0.375 e. The van der Waals surface area contributed by atoms with Crippen molar-refractivity contribution in [1.82, 2.24) is 15.5 Å². The highest BCUT2D eigenvalue weighted by atomic mass is 35.5. The Morgan fingerprint density at radius 1 is 1.26 bits per heavy atom. The van der Waals surface area contributed by atoms with Crippen LogP contribution in [0.3, 0.4) is 0 Å². The van der Waals surface area contributed by atoms with E-state index in [1.54, 1.807) is 0 Å². The van der Waals surface area contributed by atoms with Gasteiger partial charge in [-0.1, -0.05) is 13.8 Å². The van der Waals surface area contributed by atoms with Crippen LogP contribution in [0.4, 0.5) is 0 Å². The van der Waals surface area contributed by atoms with Gasteiger partial charge < -0.3 is 20.3 Å². The Labute approximate surface area is 146 Å². The van der Waals surface area contributed by atoms with E-state index >= 15 is 0 Å². The number of hydrogen-bond donors (Lipinski definition) is 2. The summed E-state index contributed by atoms with van der Waals surface area (Å²) in [5.41, 5.74) is 0. The van der Waals surface area contributed by atoms with Crippen LogP contribution >= 0.6 is 12.4 Å². The normalized spacial score (nSPS) is 16.8. The number of nitrogens with zero attached hydrogens (tertiary/aromatic N) is 1. The lowest BCUT2D eigenvalue weighted by atomic mass is 9.92. The number of amides is 2. The van der Waals surface area contributed by atoms with E-state index in [1.807, 2.05) is 25.8 Å². The standard InChI is InChI=1S/C16H31N3O3.ClH/c1-12(2)15(18-14(20)11-22-4)16(21)19-9-6-13(7-10-19)5-8-17-3;/h12-13,15,17H,5-11H2,1-4H3,(H,18,20);1H/t15-;/m0./s1. The first-order valence-electron chi connectivity index (χ1n) is 8.21. The van der Waals surface area contributed by atoms with Crippen molar-refractivity contribution in [2.45, 2.75) is 39.2 Å². The number of hydrogen-bond acceptors (Lipinski definition) is 4. The number of ether oxygens (including phenoxy) is 1. The molecule has 1 aliphatic rings. The Hall–Kier alpha value is -0.850. The fraction of sp³-hybridized carbons (Fsp3) is 0.875. The first-order chi connectivity index (χ1) is 10.5. The molecule has 2 N–H and O–H groups in total. The first-order valence-corrected chi connectivity index (χ1v) is 8.21. The Balaban J connectivity index is 0.00000484. The number of halogens is 1. The van der Waals surface area contributed by atoms with E-state index in [-0.39, 0.29) is 36.7 Å². The van der Waals surface area contributed by atoms with Crippen LogP contribution in [-0.2, 0) is 14.3 Å². The Morgan fingerprint density at radius 2 is 1.87 bits per heavy atom. The van der Waals surface area contributed by atoms with Gasteiger partial charge in [-0.25, -0.2) is 0 Å². The van der Waals surface area contributed by atoms with E-state index in [2.05, 4.69) is 10.6 Å². The highest BCUT2D eigenvalue weighted by molar-refractivity contribution is 5.88. The first kappa shape index (κ1) is 22.1. The summed E-state index contributed by atoms with van der Waals surface area (Å²) < 4.78 is 4.82. The second-order valence-electron chi connectivity index (χ2n) is 6.38. The molecule has 23 heavy (non-hydrogen) atoms. The minimum atomic E-state index is -0.462. The van der Waals surface area contributed by atoms with Crippen LogP contribution in [-0.4, -0.2) is 63.2 Å². The molecule has 1 heterocycles. The lowest BCUT2D eigenvalue weighted by molar-refractivity contribution is -0.139. The maximum Gasteiger partial charge on any atom is 0.246 e. The van der Waals surface area contributed by atoms with E-state index in [4.69, 9.17) is 4.74 Å². The molecule has 1 rings (SSSR count). The third-order valence-electron chi connectivity index (χ3n) is 4.25. The summed E-state index contributed by atoms with van der Waals surface area (Å²) in [5, 5.41) is 5.97. The highest BCUT2D eigenvalue weighted by Gasteiger charge is 2.30. The molecule has 7 heteroatoms. The van der Waals surface area contributed by atoms with Gasteiger partial charge in [-0.15, -0.1) is 12.4 Å². The molecule has 0 bridgehead atoms. The van der Waals surface area contributed by atoms with Gasteiger partial charge in [0.2, 0.25) is 11.8 Å². The minimum absolute atomic E-state index is 0. The molecule has 0 saturated carbocycles. The van der Waals surface area contributed by atoms with Gasteiger partial charge in [0.25, 0.3) is 0 Å². The fourth-order valence-electron chi connectivity index (χ4n) is 2.85. The van der Waals surface area contributed by atoms with Gasteiger partial charge in [-0.2, -0.15) is 0 Å². The zero-order valence-electron chi connectivity index (χ0n) is 14.8. The Bertz CT molecular complexity index is 358. The topological polar surface area (TPSA) is 70.7 Å². The number of piperidine rings is 1. The Morgan fingerprint density at radius 3 is 2.35 bits per heavy atom. The zero-order chi connectivity index (χ0) is 16.5. The van der Waals surface area contributed by atoms with Crippen LogP contribution in [0.15, 0.2) is 0 Å². The number of rotatable bonds is 8. The molecule has 6 nitrogen and oxygen atoms in total. The predicted octanol–water partition coefficient (Wildman–Crippen LogP) is 1.04. The Kier molecular flexibility index (Phi) is 11.2. The van der Waals surface area contributed by atoms with Crippen molar-refractivity contribution in [2.75, 3.05) is 40.4 Å². The monoisotopic (exact) mass is 349 g/mol. The van der Waals surface area contributed by atoms with Crippen LogP contribution in [0, 0.1) is 11.8 Å². The molecule has 1 fully saturated rings. The molecule has 1 aliphatic heterocycles. The molecule has 0 aromatic rings. The average molecular weight is 350 g/mol. The van der Waals surface area contributed by atoms with Crippen molar-refractivity contribution in [3.05, 3.63) is 0 Å². The van der Waals surface area contributed by atoms with Crippen molar-refractivity contribution in [3.63, 3.8) is 0 Å². The van der Waals surface area contributed by atoms with Gasteiger partial charge in [-0.3, -0.25) is 9.59 Å². The number of nitrogens with one attached hydrogen (secondary N) is 2. The molecule has 0 unspecified atom stereocenters. The van der Waals surface area contributed by atoms with Crippen LogP contribution < -0.4 is 10.6 Å². The second kappa shape index (κ2) is 11.6. The highest BCUT2D eigenvalue weighted by Crippen LogP contribution is 2.21. The summed E-state index contributed by atoms with van der Waals surface area (Å²) in [4.78, 5) is 26.3. The van der Waals surface area contributed by atoms with Crippen LogP contribution in [0.5, 0.6) is 0 Å². The van der Waals surface area contributed by atoms with Gasteiger partial charge in [0.15, 0.2) is 0 Å². The molecule has 0 radical (unpaired) electrons. The third kappa shape index (κ3) is 7.50. The predicted molar refractivity (Wildman–Crippen MR) is 93.7 cm³/mol. The van der Waals surface area contributed by atoms with Crippen LogP contribution in [0.25, 0.3) is 0 Å². The van der Waals surface area contributed by atoms with E-state index in [0.29, 0.717) is 5.92 Å². The van der Waals surface area contributed by atoms with E-state index < -0.39 is 6.04 Å². The lowest BCUT2D eigenvalue weighted by Crippen LogP contribution is -2.53. The largest absolute Gasteiger partial charge is 0.375 e. The molecule has 0 aliphatic carbocycles. The summed E-state index contributed by atoms with van der Waals surface area (Å²) in [6.07, 6.45) is 3.26. The van der Waals surface area contributed by atoms with Crippen molar-refractivity contribution in [1.29, 1.82) is 0 Å². The van der Waals surface area contributed by atoms with E-state index in [0.717, 1.165) is 38.9 Å². The number of methoxy groups -OCH3 is 1. The third-order valence-corrected chi connectivity index (χ3v) is 4.25. The summed E-state index contributed by atoms with van der Waals surface area (Å²) in [5.74, 6) is 0.553. The average Bonchev–Trinajstić information content (AvgIpc) is 2.50. The summed E-state index contributed by atoms with van der Waals surface area (Å²) in [6.45, 7) is 6.50. The van der Waals surface area contributed by atoms with Gasteiger partial charge in [0.1, 0.15) is 12.6 Å². The molecule has 0 aromatic heterocycles. The maximum absolute atomic E-state index is 12.7. The van der Waals surface area contributed by atoms with Gasteiger partial charge in [0, 0.05) is 20.2 Å². The zero-order valence-corrected chi connectivity index (χ0v) is 15.6. The molecular formula is C16H32ClN3O3. The maximum atomic E-state index is 12.7. The molecule has 0 spiro atoms. The van der Waals surface area contributed by atoms with Crippen LogP contribution in [0.1, 0.15) is 33.1 Å². The molecule has 2 amide bonds. The molecule has 0 aromatic carbocycles. The van der Waals surface area contributed by atoms with Crippen molar-refractivity contribution in [3.8, 4) is 0 Å².